The molecule has 0 spiro atoms. The van der Waals surface area contributed by atoms with E-state index >= 15 is 0 Å². The number of methoxy groups -OCH3 is 1. The molecule has 10 rings (SSSR count). The largest absolute Gasteiger partial charge is 0.497 e. The van der Waals surface area contributed by atoms with Crippen molar-refractivity contribution in [1.29, 1.82) is 0 Å². The van der Waals surface area contributed by atoms with Crippen LogP contribution in [0.3, 0.4) is 0 Å². The summed E-state index contributed by atoms with van der Waals surface area (Å²) in [6.07, 6.45) is 0. The van der Waals surface area contributed by atoms with Gasteiger partial charge in [-0.1, -0.05) is 215 Å². The first-order chi connectivity index (χ1) is 30.7. The Labute approximate surface area is 374 Å². The highest BCUT2D eigenvalue weighted by molar-refractivity contribution is 5.87. The lowest BCUT2D eigenvalue weighted by molar-refractivity contribution is 0.0787. The third-order valence-corrected chi connectivity index (χ3v) is 12.1. The molecule has 0 aromatic heterocycles. The van der Waals surface area contributed by atoms with Gasteiger partial charge in [-0.3, -0.25) is 0 Å². The lowest BCUT2D eigenvalue weighted by Crippen LogP contribution is -2.28. The summed E-state index contributed by atoms with van der Waals surface area (Å²) in [4.78, 5) is 0. The van der Waals surface area contributed by atoms with Gasteiger partial charge in [0, 0.05) is 5.92 Å². The molecule has 0 bridgehead atoms. The molecule has 1 aliphatic carbocycles. The summed E-state index contributed by atoms with van der Waals surface area (Å²) in [5.74, 6) is 1.29. The topological polar surface area (TPSA) is 49.7 Å². The van der Waals surface area contributed by atoms with Crippen molar-refractivity contribution in [3.63, 3.8) is 0 Å². The second-order valence-corrected chi connectivity index (χ2v) is 16.3. The summed E-state index contributed by atoms with van der Waals surface area (Å²) in [7, 11) is 1.69. The molecule has 9 aromatic carbocycles. The third-order valence-electron chi connectivity index (χ3n) is 12.1. The van der Waals surface area contributed by atoms with Crippen LogP contribution in [0, 0.1) is 0 Å². The van der Waals surface area contributed by atoms with E-state index in [1.807, 2.05) is 68.4 Å². The lowest BCUT2D eigenvalue weighted by Gasteiger charge is -2.34. The van der Waals surface area contributed by atoms with Gasteiger partial charge in [0.2, 0.25) is 0 Å². The van der Waals surface area contributed by atoms with E-state index in [4.69, 9.17) is 4.74 Å². The Kier molecular flexibility index (Phi) is 14.0. The highest BCUT2D eigenvalue weighted by atomic mass is 16.5. The van der Waals surface area contributed by atoms with E-state index < -0.39 is 11.0 Å². The highest BCUT2D eigenvalue weighted by Crippen LogP contribution is 2.56. The Bertz CT molecular complexity index is 2780. The molecule has 0 saturated heterocycles. The molecule has 316 valence electrons. The molecule has 0 fully saturated rings. The summed E-state index contributed by atoms with van der Waals surface area (Å²) in [6, 6.07) is 74.2. The minimum atomic E-state index is -0.760. The predicted molar refractivity (Wildman–Crippen MR) is 265 cm³/mol. The van der Waals surface area contributed by atoms with Crippen LogP contribution in [0.2, 0.25) is 0 Å². The molecule has 3 nitrogen and oxygen atoms in total. The summed E-state index contributed by atoms with van der Waals surface area (Å²) >= 11 is 0. The Balaban J connectivity index is 0.000000150. The number of aliphatic hydroxyl groups excluding tert-OH is 1. The fourth-order valence-electron chi connectivity index (χ4n) is 8.71. The van der Waals surface area contributed by atoms with Crippen molar-refractivity contribution in [2.75, 3.05) is 7.11 Å². The second-order valence-electron chi connectivity index (χ2n) is 16.3. The minimum absolute atomic E-state index is 0.0446. The Morgan fingerprint density at radius 2 is 0.952 bits per heavy atom. The number of hydrogen-bond donors (Lipinski definition) is 2. The fourth-order valence-corrected chi connectivity index (χ4v) is 8.71. The van der Waals surface area contributed by atoms with Crippen LogP contribution in [0.4, 0.5) is 0 Å². The van der Waals surface area contributed by atoms with Crippen LogP contribution in [0.25, 0.3) is 32.7 Å². The van der Waals surface area contributed by atoms with Gasteiger partial charge < -0.3 is 14.9 Å². The summed E-state index contributed by atoms with van der Waals surface area (Å²) in [5, 5.41) is 24.4. The molecule has 0 aliphatic heterocycles. The number of fused-ring (bicyclic) bond motifs is 5. The molecular formula is C60H58O3. The molecule has 63 heavy (non-hydrogen) atoms. The molecule has 2 N–H and O–H groups in total. The molecule has 0 heterocycles. The summed E-state index contributed by atoms with van der Waals surface area (Å²) in [6.45, 7) is 9.91. The van der Waals surface area contributed by atoms with E-state index in [1.165, 1.54) is 66.1 Å². The van der Waals surface area contributed by atoms with Crippen LogP contribution in [0.1, 0.15) is 85.0 Å². The first-order valence-electron chi connectivity index (χ1n) is 22.0. The molecule has 1 atom stereocenters. The zero-order valence-electron chi connectivity index (χ0n) is 37.3. The summed E-state index contributed by atoms with van der Waals surface area (Å²) in [5.41, 5.74) is 10.9. The fraction of sp³-hybridized carbons (Fsp3) is 0.167. The van der Waals surface area contributed by atoms with E-state index in [-0.39, 0.29) is 6.61 Å². The van der Waals surface area contributed by atoms with Crippen molar-refractivity contribution in [1.82, 2.24) is 0 Å². The van der Waals surface area contributed by atoms with Crippen LogP contribution in [0.15, 0.2) is 212 Å². The average Bonchev–Trinajstić information content (AvgIpc) is 3.65. The molecule has 9 aromatic rings. The van der Waals surface area contributed by atoms with Crippen molar-refractivity contribution >= 4 is 21.5 Å². The van der Waals surface area contributed by atoms with E-state index in [0.717, 1.165) is 16.9 Å². The zero-order chi connectivity index (χ0) is 44.4. The first kappa shape index (κ1) is 44.3. The smallest absolute Gasteiger partial charge is 0.118 e. The first-order valence-corrected chi connectivity index (χ1v) is 22.0. The van der Waals surface area contributed by atoms with E-state index in [1.54, 1.807) is 21.0 Å². The zero-order valence-corrected chi connectivity index (χ0v) is 37.3. The number of hydrogen-bond acceptors (Lipinski definition) is 3. The number of ether oxygens (including phenoxy) is 1. The van der Waals surface area contributed by atoms with Crippen molar-refractivity contribution in [2.45, 2.75) is 58.2 Å². The van der Waals surface area contributed by atoms with Crippen LogP contribution >= 0.6 is 0 Å². The predicted octanol–water partition coefficient (Wildman–Crippen LogP) is 14.6. The number of aliphatic hydroxyl groups is 2. The quantitative estimate of drug-likeness (QED) is 0.168. The van der Waals surface area contributed by atoms with Crippen LogP contribution < -0.4 is 4.74 Å². The van der Waals surface area contributed by atoms with Crippen LogP contribution in [-0.4, -0.2) is 17.3 Å². The van der Waals surface area contributed by atoms with Gasteiger partial charge in [-0.25, -0.2) is 0 Å². The van der Waals surface area contributed by atoms with E-state index in [2.05, 4.69) is 165 Å². The molecule has 1 unspecified atom stereocenters. The van der Waals surface area contributed by atoms with E-state index in [9.17, 15) is 10.2 Å². The van der Waals surface area contributed by atoms with Gasteiger partial charge in [-0.2, -0.15) is 0 Å². The van der Waals surface area contributed by atoms with Crippen molar-refractivity contribution < 1.29 is 14.9 Å². The van der Waals surface area contributed by atoms with Crippen LogP contribution in [0.5, 0.6) is 5.75 Å². The van der Waals surface area contributed by atoms with Gasteiger partial charge in [-0.05, 0) is 109 Å². The van der Waals surface area contributed by atoms with Gasteiger partial charge in [0.05, 0.1) is 24.7 Å². The van der Waals surface area contributed by atoms with Gasteiger partial charge in [-0.15, -0.1) is 0 Å². The Hall–Kier alpha value is -6.78. The highest BCUT2D eigenvalue weighted by Gasteiger charge is 2.45. The maximum atomic E-state index is 9.85. The van der Waals surface area contributed by atoms with Gasteiger partial charge >= 0.3 is 0 Å². The molecule has 3 heteroatoms. The molecular weight excluding hydrogens is 769 g/mol. The standard InChI is InChI=1S/C27H22O2.C18H16.C13H14O.C2H6/c1-29-22-16-14-21(15-17-22)27(20-12-10-19(18-28)11-13-20)25-8-4-2-6-23(25)24-7-3-5-9-26(24)27;1-14(15-7-3-2-4-8-15)17-12-11-16-9-5-6-10-18(16)13-17;1-13(2,14)12-8-7-10-5-3-4-6-11(10)9-12;1-2/h2-17,28H,18H2,1H3;2-14H,1H3;3-9,14H,1-2H3;1-2H3. The Morgan fingerprint density at radius 1 is 0.492 bits per heavy atom. The van der Waals surface area contributed by atoms with Crippen molar-refractivity contribution in [3.05, 3.63) is 257 Å². The van der Waals surface area contributed by atoms with E-state index in [0.29, 0.717) is 5.92 Å². The average molecular weight is 827 g/mol. The molecule has 0 amide bonds. The third kappa shape index (κ3) is 9.37. The maximum Gasteiger partial charge on any atom is 0.118 e. The van der Waals surface area contributed by atoms with Gasteiger partial charge in [0.25, 0.3) is 0 Å². The van der Waals surface area contributed by atoms with Crippen molar-refractivity contribution in [2.24, 2.45) is 0 Å². The molecule has 0 radical (unpaired) electrons. The normalized spacial score (nSPS) is 12.6. The molecule has 0 saturated carbocycles. The Morgan fingerprint density at radius 3 is 1.48 bits per heavy atom. The minimum Gasteiger partial charge on any atom is -0.497 e. The number of rotatable bonds is 7. The van der Waals surface area contributed by atoms with Crippen LogP contribution in [-0.2, 0) is 17.6 Å². The number of benzene rings is 9. The monoisotopic (exact) mass is 826 g/mol. The van der Waals surface area contributed by atoms with Gasteiger partial charge in [0.15, 0.2) is 0 Å². The maximum absolute atomic E-state index is 9.85. The lowest BCUT2D eigenvalue weighted by atomic mass is 9.67. The summed E-state index contributed by atoms with van der Waals surface area (Å²) < 4.78 is 5.41. The molecule has 1 aliphatic rings. The van der Waals surface area contributed by atoms with Crippen molar-refractivity contribution in [3.8, 4) is 16.9 Å². The SMILES string of the molecule is CC.CC(C)(O)c1ccc2ccccc2c1.CC(c1ccccc1)c1ccc2ccccc2c1.COc1ccc(C2(c3ccc(CO)cc3)c3ccccc3-c3ccccc32)cc1. The van der Waals surface area contributed by atoms with Gasteiger partial charge in [0.1, 0.15) is 5.75 Å². The second kappa shape index (κ2) is 19.9.